The molecule has 2 saturated carbocycles. The molecule has 0 aromatic rings. The van der Waals surface area contributed by atoms with Gasteiger partial charge in [-0.15, -0.1) is 0 Å². The van der Waals surface area contributed by atoms with Gasteiger partial charge in [-0.05, 0) is 5.57 Å². The molecule has 2 unspecified atom stereocenters. The third-order valence-corrected chi connectivity index (χ3v) is 4.23. The Morgan fingerprint density at radius 3 is 1.87 bits per heavy atom. The van der Waals surface area contributed by atoms with Crippen LogP contribution in [0.2, 0.25) is 0 Å². The summed E-state index contributed by atoms with van der Waals surface area (Å²) in [6.45, 7) is 9.52. The van der Waals surface area contributed by atoms with Crippen LogP contribution >= 0.6 is 0 Å². The highest BCUT2D eigenvalue weighted by molar-refractivity contribution is 6.52. The lowest BCUT2D eigenvalue weighted by Crippen LogP contribution is -2.50. The van der Waals surface area contributed by atoms with Gasteiger partial charge in [0.15, 0.2) is 28.5 Å². The normalized spacial score (nSPS) is 30.4. The molecule has 0 aliphatic heterocycles. The summed E-state index contributed by atoms with van der Waals surface area (Å²) in [5, 5.41) is 18.4. The number of allylic oxidation sites excluding steroid dienone is 2. The number of aliphatic carboxylic acids is 2. The summed E-state index contributed by atoms with van der Waals surface area (Å²) in [7, 11) is 0. The van der Waals surface area contributed by atoms with Crippen molar-refractivity contribution in [3.8, 4) is 0 Å². The molecular formula is C15H10O8. The summed E-state index contributed by atoms with van der Waals surface area (Å²) < 4.78 is 0. The number of rotatable bonds is 3. The van der Waals surface area contributed by atoms with Crippen LogP contribution in [0.3, 0.4) is 0 Å². The van der Waals surface area contributed by atoms with Crippen molar-refractivity contribution in [2.24, 2.45) is 10.8 Å². The minimum atomic E-state index is -3.25. The van der Waals surface area contributed by atoms with Gasteiger partial charge in [-0.1, -0.05) is 19.7 Å². The summed E-state index contributed by atoms with van der Waals surface area (Å²) in [6.07, 6.45) is -0.549. The number of hydrogen-bond acceptors (Lipinski definition) is 6. The van der Waals surface area contributed by atoms with E-state index in [0.717, 1.165) is 0 Å². The van der Waals surface area contributed by atoms with Crippen LogP contribution < -0.4 is 0 Å². The molecule has 118 valence electrons. The van der Waals surface area contributed by atoms with E-state index in [-0.39, 0.29) is 5.57 Å². The van der Waals surface area contributed by atoms with E-state index >= 15 is 0 Å². The van der Waals surface area contributed by atoms with Crippen molar-refractivity contribution >= 4 is 35.1 Å². The Kier molecular flexibility index (Phi) is 3.11. The quantitative estimate of drug-likeness (QED) is 0.523. The van der Waals surface area contributed by atoms with Crippen molar-refractivity contribution in [3.05, 3.63) is 36.5 Å². The Morgan fingerprint density at radius 2 is 1.52 bits per heavy atom. The van der Waals surface area contributed by atoms with Gasteiger partial charge in [-0.3, -0.25) is 24.0 Å². The SMILES string of the molecule is C=C1CC(=O)C2(C(=C)C(=O)C(C(=C)C(=O)O)(C(=O)O)C2=O)C1=O. The van der Waals surface area contributed by atoms with Crippen LogP contribution in [0.1, 0.15) is 6.42 Å². The van der Waals surface area contributed by atoms with Gasteiger partial charge in [-0.2, -0.15) is 0 Å². The van der Waals surface area contributed by atoms with Gasteiger partial charge in [0.25, 0.3) is 0 Å². The van der Waals surface area contributed by atoms with Gasteiger partial charge < -0.3 is 10.2 Å². The molecule has 2 atom stereocenters. The van der Waals surface area contributed by atoms with E-state index < -0.39 is 63.5 Å². The zero-order valence-electron chi connectivity index (χ0n) is 11.7. The number of carbonyl (C=O) groups is 6. The van der Waals surface area contributed by atoms with Gasteiger partial charge >= 0.3 is 11.9 Å². The Balaban J connectivity index is 2.89. The molecule has 8 heteroatoms. The summed E-state index contributed by atoms with van der Waals surface area (Å²) in [5.74, 6) is -9.41. The minimum Gasteiger partial charge on any atom is -0.480 e. The van der Waals surface area contributed by atoms with Gasteiger partial charge in [0.2, 0.25) is 5.41 Å². The number of carboxylic acid groups (broad SMARTS) is 2. The molecule has 2 aliphatic rings. The Hall–Kier alpha value is -3.16. The fraction of sp³-hybridized carbons (Fsp3) is 0.200. The van der Waals surface area contributed by atoms with E-state index in [2.05, 4.69) is 19.7 Å². The summed E-state index contributed by atoms with van der Waals surface area (Å²) >= 11 is 0. The van der Waals surface area contributed by atoms with Gasteiger partial charge in [0.05, 0.1) is 5.57 Å². The second kappa shape index (κ2) is 4.42. The molecule has 2 fully saturated rings. The molecule has 2 aliphatic carbocycles. The average molecular weight is 318 g/mol. The highest BCUT2D eigenvalue weighted by Crippen LogP contribution is 2.55. The van der Waals surface area contributed by atoms with Crippen LogP contribution in [0.25, 0.3) is 0 Å². The number of Topliss-reactive ketones (excluding diaryl/α,β-unsaturated/α-hetero) is 4. The zero-order chi connectivity index (χ0) is 17.9. The molecule has 0 bridgehead atoms. The van der Waals surface area contributed by atoms with Gasteiger partial charge in [0.1, 0.15) is 0 Å². The number of ketones is 4. The second-order valence-electron chi connectivity index (χ2n) is 5.26. The Morgan fingerprint density at radius 1 is 1.00 bits per heavy atom. The third-order valence-electron chi connectivity index (χ3n) is 4.23. The molecule has 0 heterocycles. The monoisotopic (exact) mass is 318 g/mol. The number of hydrogen-bond donors (Lipinski definition) is 2. The van der Waals surface area contributed by atoms with Crippen molar-refractivity contribution in [2.75, 3.05) is 0 Å². The number of carbonyl (C=O) groups excluding carboxylic acids is 4. The fourth-order valence-electron chi connectivity index (χ4n) is 3.01. The van der Waals surface area contributed by atoms with Crippen LogP contribution in [0.15, 0.2) is 36.5 Å². The molecule has 0 aromatic heterocycles. The van der Waals surface area contributed by atoms with E-state index in [9.17, 15) is 33.9 Å². The van der Waals surface area contributed by atoms with Crippen LogP contribution in [-0.2, 0) is 28.8 Å². The first-order chi connectivity index (χ1) is 10.5. The molecule has 2 N–H and O–H groups in total. The first-order valence-electron chi connectivity index (χ1n) is 6.19. The van der Waals surface area contributed by atoms with E-state index in [1.165, 1.54) is 0 Å². The Bertz CT molecular complexity index is 798. The molecule has 0 amide bonds. The fourth-order valence-corrected chi connectivity index (χ4v) is 3.01. The van der Waals surface area contributed by atoms with E-state index in [1.54, 1.807) is 0 Å². The zero-order valence-corrected chi connectivity index (χ0v) is 11.7. The van der Waals surface area contributed by atoms with Crippen molar-refractivity contribution in [3.63, 3.8) is 0 Å². The van der Waals surface area contributed by atoms with Crippen molar-refractivity contribution in [2.45, 2.75) is 6.42 Å². The predicted molar refractivity (Wildman–Crippen MR) is 72.2 cm³/mol. The summed E-state index contributed by atoms with van der Waals surface area (Å²) in [4.78, 5) is 72.4. The minimum absolute atomic E-state index is 0.278. The first-order valence-corrected chi connectivity index (χ1v) is 6.19. The summed E-state index contributed by atoms with van der Waals surface area (Å²) in [6, 6.07) is 0. The lowest BCUT2D eigenvalue weighted by atomic mass is 9.71. The Labute approximate surface area is 128 Å². The molecule has 0 radical (unpaired) electrons. The highest BCUT2D eigenvalue weighted by atomic mass is 16.4. The van der Waals surface area contributed by atoms with Crippen LogP contribution in [0.5, 0.6) is 0 Å². The smallest absolute Gasteiger partial charge is 0.333 e. The molecule has 0 aromatic carbocycles. The molecular weight excluding hydrogens is 308 g/mol. The molecule has 1 spiro atoms. The lowest BCUT2D eigenvalue weighted by molar-refractivity contribution is -0.158. The van der Waals surface area contributed by atoms with E-state index in [4.69, 9.17) is 5.11 Å². The van der Waals surface area contributed by atoms with E-state index in [1.807, 2.05) is 0 Å². The maximum Gasteiger partial charge on any atom is 0.333 e. The van der Waals surface area contributed by atoms with Crippen LogP contribution in [0, 0.1) is 10.8 Å². The molecule has 8 nitrogen and oxygen atoms in total. The molecule has 0 saturated heterocycles. The first kappa shape index (κ1) is 16.2. The van der Waals surface area contributed by atoms with Crippen LogP contribution in [0.4, 0.5) is 0 Å². The van der Waals surface area contributed by atoms with Gasteiger partial charge in [0, 0.05) is 12.0 Å². The second-order valence-corrected chi connectivity index (χ2v) is 5.26. The largest absolute Gasteiger partial charge is 0.480 e. The topological polar surface area (TPSA) is 143 Å². The molecule has 2 rings (SSSR count). The molecule has 23 heavy (non-hydrogen) atoms. The van der Waals surface area contributed by atoms with Crippen molar-refractivity contribution in [1.82, 2.24) is 0 Å². The number of carboxylic acids is 2. The standard InChI is InChI=1S/C15H10O8/c1-5-4-8(16)14(9(5)17)6(2)10(18)15(12(14)21,13(22)23)7(3)11(19)20/h1-4H2,(H,19,20)(H,22,23). The van der Waals surface area contributed by atoms with Crippen LogP contribution in [-0.4, -0.2) is 45.3 Å². The predicted octanol–water partition coefficient (Wildman–Crippen LogP) is -0.509. The van der Waals surface area contributed by atoms with Gasteiger partial charge in [-0.25, -0.2) is 4.79 Å². The highest BCUT2D eigenvalue weighted by Gasteiger charge is 2.77. The van der Waals surface area contributed by atoms with E-state index in [0.29, 0.717) is 0 Å². The maximum absolute atomic E-state index is 12.8. The summed E-state index contributed by atoms with van der Waals surface area (Å²) in [5.41, 5.74) is -8.36. The maximum atomic E-state index is 12.8. The third kappa shape index (κ3) is 1.44. The van der Waals surface area contributed by atoms with Crippen molar-refractivity contribution in [1.29, 1.82) is 0 Å². The van der Waals surface area contributed by atoms with Crippen molar-refractivity contribution < 1.29 is 39.0 Å². The lowest BCUT2D eigenvalue weighted by Gasteiger charge is -2.23. The average Bonchev–Trinajstić information content (AvgIpc) is 2.78.